The van der Waals surface area contributed by atoms with E-state index in [9.17, 15) is 0 Å². The summed E-state index contributed by atoms with van der Waals surface area (Å²) in [7, 11) is 2.09. The summed E-state index contributed by atoms with van der Waals surface area (Å²) in [6.07, 6.45) is 6.26. The van der Waals surface area contributed by atoms with Crippen LogP contribution in [0.5, 0.6) is 5.75 Å². The van der Waals surface area contributed by atoms with E-state index in [4.69, 9.17) is 4.74 Å². The van der Waals surface area contributed by atoms with E-state index in [1.165, 1.54) is 23.7 Å². The summed E-state index contributed by atoms with van der Waals surface area (Å²) in [5, 5.41) is 4.74. The lowest BCUT2D eigenvalue weighted by Crippen LogP contribution is -2.36. The van der Waals surface area contributed by atoms with E-state index < -0.39 is 0 Å². The minimum absolute atomic E-state index is 0.150. The second-order valence-electron chi connectivity index (χ2n) is 6.58. The van der Waals surface area contributed by atoms with Gasteiger partial charge in [-0.05, 0) is 44.5 Å². The lowest BCUT2D eigenvalue weighted by atomic mass is 10.1. The Balaban J connectivity index is 1.62. The number of aryl methyl sites for hydroxylation is 1. The van der Waals surface area contributed by atoms with Crippen LogP contribution in [0, 0.1) is 0 Å². The van der Waals surface area contributed by atoms with Crippen LogP contribution >= 0.6 is 0 Å². The highest BCUT2D eigenvalue weighted by Crippen LogP contribution is 2.29. The number of nitrogens with one attached hydrogen (secondary N) is 1. The molecular formula is C20H23N3O. The Kier molecular flexibility index (Phi) is 3.98. The van der Waals surface area contributed by atoms with E-state index in [0.29, 0.717) is 6.04 Å². The summed E-state index contributed by atoms with van der Waals surface area (Å²) in [6.45, 7) is 3.22. The number of aromatic nitrogens is 2. The summed E-state index contributed by atoms with van der Waals surface area (Å²) < 4.78 is 8.35. The fourth-order valence-electron chi connectivity index (χ4n) is 3.60. The molecule has 1 unspecified atom stereocenters. The van der Waals surface area contributed by atoms with Gasteiger partial charge in [0.05, 0.1) is 11.9 Å². The number of pyridine rings is 1. The highest BCUT2D eigenvalue weighted by atomic mass is 16.5. The molecule has 0 radical (unpaired) electrons. The number of para-hydroxylation sites is 1. The van der Waals surface area contributed by atoms with Crippen LogP contribution in [0.25, 0.3) is 22.2 Å². The molecule has 2 atom stereocenters. The lowest BCUT2D eigenvalue weighted by Gasteiger charge is -2.21. The Morgan fingerprint density at radius 2 is 2.12 bits per heavy atom. The number of hydrogen-bond acceptors (Lipinski definition) is 3. The average molecular weight is 321 g/mol. The van der Waals surface area contributed by atoms with Crippen molar-refractivity contribution in [2.45, 2.75) is 31.9 Å². The normalized spacial score (nSPS) is 18.8. The SMILES string of the molecule is CC(Oc1cncc(-c2cc3ccccc3n2C)c1)[C@@H]1CCCN1. The summed E-state index contributed by atoms with van der Waals surface area (Å²) in [5.41, 5.74) is 3.46. The molecule has 124 valence electrons. The van der Waals surface area contributed by atoms with Crippen molar-refractivity contribution in [2.24, 2.45) is 7.05 Å². The Labute approximate surface area is 142 Å². The molecule has 1 aliphatic heterocycles. The van der Waals surface area contributed by atoms with E-state index >= 15 is 0 Å². The third-order valence-corrected chi connectivity index (χ3v) is 4.95. The topological polar surface area (TPSA) is 39.1 Å². The van der Waals surface area contributed by atoms with Crippen molar-refractivity contribution >= 4 is 10.9 Å². The number of hydrogen-bond donors (Lipinski definition) is 1. The molecule has 4 heteroatoms. The van der Waals surface area contributed by atoms with Gasteiger partial charge in [0.2, 0.25) is 0 Å². The number of nitrogens with zero attached hydrogens (tertiary/aromatic N) is 2. The maximum absolute atomic E-state index is 6.14. The predicted octanol–water partition coefficient (Wildman–Crippen LogP) is 3.76. The van der Waals surface area contributed by atoms with Crippen LogP contribution in [0.2, 0.25) is 0 Å². The van der Waals surface area contributed by atoms with Gasteiger partial charge in [-0.15, -0.1) is 0 Å². The molecule has 1 saturated heterocycles. The number of benzene rings is 1. The van der Waals surface area contributed by atoms with Crippen molar-refractivity contribution in [3.05, 3.63) is 48.8 Å². The molecule has 1 aromatic carbocycles. The van der Waals surface area contributed by atoms with Crippen LogP contribution < -0.4 is 10.1 Å². The molecule has 0 saturated carbocycles. The van der Waals surface area contributed by atoms with E-state index in [1.54, 1.807) is 6.20 Å². The fourth-order valence-corrected chi connectivity index (χ4v) is 3.60. The van der Waals surface area contributed by atoms with Crippen LogP contribution in [0.4, 0.5) is 0 Å². The highest BCUT2D eigenvalue weighted by molar-refractivity contribution is 5.86. The van der Waals surface area contributed by atoms with Crippen molar-refractivity contribution < 1.29 is 4.74 Å². The van der Waals surface area contributed by atoms with E-state index in [-0.39, 0.29) is 6.10 Å². The molecule has 3 heterocycles. The van der Waals surface area contributed by atoms with Gasteiger partial charge in [-0.1, -0.05) is 18.2 Å². The Bertz CT molecular complexity index is 849. The van der Waals surface area contributed by atoms with Crippen molar-refractivity contribution in [3.8, 4) is 17.0 Å². The number of fused-ring (bicyclic) bond motifs is 1. The van der Waals surface area contributed by atoms with Crippen LogP contribution in [0.1, 0.15) is 19.8 Å². The second kappa shape index (κ2) is 6.29. The molecule has 4 nitrogen and oxygen atoms in total. The van der Waals surface area contributed by atoms with Gasteiger partial charge in [0.15, 0.2) is 0 Å². The third kappa shape index (κ3) is 2.78. The van der Waals surface area contributed by atoms with Gasteiger partial charge in [-0.2, -0.15) is 0 Å². The Morgan fingerprint density at radius 1 is 1.25 bits per heavy atom. The fraction of sp³-hybridized carbons (Fsp3) is 0.350. The standard InChI is InChI=1S/C20H23N3O/c1-14(18-7-5-9-22-18)24-17-10-16(12-21-13-17)20-11-15-6-3-4-8-19(15)23(20)2/h3-4,6,8,10-14,18,22H,5,7,9H2,1-2H3/t14?,18-/m0/s1. The molecule has 2 aromatic heterocycles. The molecule has 0 amide bonds. The van der Waals surface area contributed by atoms with Gasteiger partial charge in [-0.25, -0.2) is 0 Å². The molecule has 0 aliphatic carbocycles. The molecule has 1 fully saturated rings. The zero-order valence-electron chi connectivity index (χ0n) is 14.2. The lowest BCUT2D eigenvalue weighted by molar-refractivity contribution is 0.179. The smallest absolute Gasteiger partial charge is 0.138 e. The first kappa shape index (κ1) is 15.2. The quantitative estimate of drug-likeness (QED) is 0.795. The van der Waals surface area contributed by atoms with Crippen molar-refractivity contribution in [3.63, 3.8) is 0 Å². The molecule has 4 rings (SSSR count). The van der Waals surface area contributed by atoms with E-state index in [0.717, 1.165) is 23.6 Å². The average Bonchev–Trinajstić information content (AvgIpc) is 3.24. The highest BCUT2D eigenvalue weighted by Gasteiger charge is 2.22. The zero-order valence-corrected chi connectivity index (χ0v) is 14.2. The summed E-state index contributed by atoms with van der Waals surface area (Å²) in [4.78, 5) is 4.39. The largest absolute Gasteiger partial charge is 0.487 e. The first-order chi connectivity index (χ1) is 11.7. The predicted molar refractivity (Wildman–Crippen MR) is 97.3 cm³/mol. The Hall–Kier alpha value is -2.33. The molecule has 0 spiro atoms. The number of rotatable bonds is 4. The van der Waals surface area contributed by atoms with Gasteiger partial charge in [0.1, 0.15) is 11.9 Å². The Morgan fingerprint density at radius 3 is 2.92 bits per heavy atom. The van der Waals surface area contributed by atoms with Crippen LogP contribution in [0.15, 0.2) is 48.8 Å². The van der Waals surface area contributed by atoms with Crippen molar-refractivity contribution in [1.29, 1.82) is 0 Å². The monoisotopic (exact) mass is 321 g/mol. The first-order valence-corrected chi connectivity index (χ1v) is 8.62. The summed E-state index contributed by atoms with van der Waals surface area (Å²) >= 11 is 0. The minimum atomic E-state index is 0.150. The van der Waals surface area contributed by atoms with Gasteiger partial charge in [0, 0.05) is 35.8 Å². The maximum Gasteiger partial charge on any atom is 0.138 e. The zero-order chi connectivity index (χ0) is 16.5. The van der Waals surface area contributed by atoms with E-state index in [1.807, 2.05) is 6.20 Å². The third-order valence-electron chi connectivity index (χ3n) is 4.95. The first-order valence-electron chi connectivity index (χ1n) is 8.62. The molecule has 1 aliphatic rings. The van der Waals surface area contributed by atoms with Crippen LogP contribution in [0.3, 0.4) is 0 Å². The van der Waals surface area contributed by atoms with Gasteiger partial charge >= 0.3 is 0 Å². The van der Waals surface area contributed by atoms with Gasteiger partial charge < -0.3 is 14.6 Å². The molecular weight excluding hydrogens is 298 g/mol. The maximum atomic E-state index is 6.14. The molecule has 1 N–H and O–H groups in total. The van der Waals surface area contributed by atoms with Crippen LogP contribution in [-0.2, 0) is 7.05 Å². The molecule has 24 heavy (non-hydrogen) atoms. The van der Waals surface area contributed by atoms with Crippen LogP contribution in [-0.4, -0.2) is 28.2 Å². The van der Waals surface area contributed by atoms with Crippen molar-refractivity contribution in [1.82, 2.24) is 14.9 Å². The summed E-state index contributed by atoms with van der Waals surface area (Å²) in [6, 6.07) is 13.2. The summed E-state index contributed by atoms with van der Waals surface area (Å²) in [5.74, 6) is 0.832. The molecule has 0 bridgehead atoms. The van der Waals surface area contributed by atoms with Gasteiger partial charge in [-0.3, -0.25) is 4.98 Å². The van der Waals surface area contributed by atoms with Gasteiger partial charge in [0.25, 0.3) is 0 Å². The van der Waals surface area contributed by atoms with Crippen molar-refractivity contribution in [2.75, 3.05) is 6.54 Å². The molecule has 3 aromatic rings. The number of ether oxygens (including phenoxy) is 1. The minimum Gasteiger partial charge on any atom is -0.487 e. The van der Waals surface area contributed by atoms with E-state index in [2.05, 4.69) is 65.2 Å². The second-order valence-corrected chi connectivity index (χ2v) is 6.58.